The van der Waals surface area contributed by atoms with Gasteiger partial charge < -0.3 is 10.3 Å². The van der Waals surface area contributed by atoms with Gasteiger partial charge in [-0.05, 0) is 49.6 Å². The highest BCUT2D eigenvalue weighted by molar-refractivity contribution is 7.09. The van der Waals surface area contributed by atoms with Crippen LogP contribution in [0.3, 0.4) is 0 Å². The molecule has 3 rings (SSSR count). The van der Waals surface area contributed by atoms with Crippen LogP contribution in [-0.2, 0) is 12.8 Å². The summed E-state index contributed by atoms with van der Waals surface area (Å²) in [5.74, 6) is 0. The first-order valence-corrected chi connectivity index (χ1v) is 8.11. The predicted molar refractivity (Wildman–Crippen MR) is 83.4 cm³/mol. The van der Waals surface area contributed by atoms with Gasteiger partial charge in [-0.3, -0.25) is 4.79 Å². The Kier molecular flexibility index (Phi) is 4.03. The maximum Gasteiger partial charge on any atom is 0.248 e. The van der Waals surface area contributed by atoms with E-state index in [2.05, 4.69) is 34.7 Å². The van der Waals surface area contributed by atoms with Gasteiger partial charge in [-0.15, -0.1) is 11.3 Å². The third-order valence-electron chi connectivity index (χ3n) is 3.90. The van der Waals surface area contributed by atoms with E-state index in [0.29, 0.717) is 12.1 Å². The summed E-state index contributed by atoms with van der Waals surface area (Å²) in [6, 6.07) is 8.73. The van der Waals surface area contributed by atoms with Crippen molar-refractivity contribution in [3.05, 3.63) is 56.1 Å². The summed E-state index contributed by atoms with van der Waals surface area (Å²) in [5, 5.41) is 5.85. The topological polar surface area (TPSA) is 44.9 Å². The van der Waals surface area contributed by atoms with Crippen LogP contribution in [-0.4, -0.2) is 11.0 Å². The highest BCUT2D eigenvalue weighted by Gasteiger charge is 2.22. The molecule has 0 spiro atoms. The van der Waals surface area contributed by atoms with Gasteiger partial charge in [-0.25, -0.2) is 0 Å². The van der Waals surface area contributed by atoms with Crippen LogP contribution in [0.15, 0.2) is 34.4 Å². The maximum atomic E-state index is 11.4. The lowest BCUT2D eigenvalue weighted by Gasteiger charge is -2.28. The van der Waals surface area contributed by atoms with E-state index in [1.807, 2.05) is 17.4 Å². The second-order valence-corrected chi connectivity index (χ2v) is 6.58. The molecule has 0 aromatic carbocycles. The van der Waals surface area contributed by atoms with E-state index in [-0.39, 0.29) is 5.56 Å². The number of fused-ring (bicyclic) bond motifs is 1. The average Bonchev–Trinajstić information content (AvgIpc) is 2.91. The van der Waals surface area contributed by atoms with Crippen LogP contribution in [0.25, 0.3) is 0 Å². The minimum Gasteiger partial charge on any atom is -0.326 e. The molecule has 2 atom stereocenters. The SMILES string of the molecule is CC(Cc1cccs1)NC1CCCc2[nH]c(=O)ccc21. The molecular formula is C16H20N2OS. The zero-order valence-corrected chi connectivity index (χ0v) is 12.5. The fourth-order valence-electron chi connectivity index (χ4n) is 3.01. The van der Waals surface area contributed by atoms with Crippen molar-refractivity contribution in [3.8, 4) is 0 Å². The van der Waals surface area contributed by atoms with E-state index in [1.165, 1.54) is 10.4 Å². The Morgan fingerprint density at radius 1 is 1.45 bits per heavy atom. The van der Waals surface area contributed by atoms with E-state index in [0.717, 1.165) is 31.4 Å². The van der Waals surface area contributed by atoms with Crippen molar-refractivity contribution in [3.63, 3.8) is 0 Å². The van der Waals surface area contributed by atoms with Crippen molar-refractivity contribution in [2.24, 2.45) is 0 Å². The molecule has 0 bridgehead atoms. The fourth-order valence-corrected chi connectivity index (χ4v) is 3.84. The maximum absolute atomic E-state index is 11.4. The molecule has 2 aromatic rings. The minimum absolute atomic E-state index is 0.0102. The number of rotatable bonds is 4. The number of nitrogens with one attached hydrogen (secondary N) is 2. The number of pyridine rings is 1. The second kappa shape index (κ2) is 5.94. The van der Waals surface area contributed by atoms with E-state index in [1.54, 1.807) is 6.07 Å². The molecule has 2 aromatic heterocycles. The molecule has 2 heterocycles. The van der Waals surface area contributed by atoms with Gasteiger partial charge >= 0.3 is 0 Å². The van der Waals surface area contributed by atoms with E-state index >= 15 is 0 Å². The molecule has 2 N–H and O–H groups in total. The van der Waals surface area contributed by atoms with Crippen LogP contribution >= 0.6 is 11.3 Å². The summed E-state index contributed by atoms with van der Waals surface area (Å²) in [4.78, 5) is 15.8. The van der Waals surface area contributed by atoms with Crippen molar-refractivity contribution in [1.29, 1.82) is 0 Å². The Labute approximate surface area is 123 Å². The van der Waals surface area contributed by atoms with Crippen LogP contribution in [0.1, 0.15) is 41.9 Å². The first-order chi connectivity index (χ1) is 9.72. The number of H-pyrrole nitrogens is 1. The number of aromatic amines is 1. The third-order valence-corrected chi connectivity index (χ3v) is 4.80. The molecule has 4 heteroatoms. The summed E-state index contributed by atoms with van der Waals surface area (Å²) in [5.41, 5.74) is 2.40. The summed E-state index contributed by atoms with van der Waals surface area (Å²) < 4.78 is 0. The average molecular weight is 288 g/mol. The van der Waals surface area contributed by atoms with E-state index < -0.39 is 0 Å². The number of aromatic nitrogens is 1. The Hall–Kier alpha value is -1.39. The molecule has 20 heavy (non-hydrogen) atoms. The van der Waals surface area contributed by atoms with Crippen LogP contribution in [0.2, 0.25) is 0 Å². The molecule has 0 amide bonds. The smallest absolute Gasteiger partial charge is 0.248 e. The molecule has 106 valence electrons. The Bertz CT molecular complexity index is 618. The molecule has 0 aliphatic heterocycles. The molecule has 0 saturated carbocycles. The van der Waals surface area contributed by atoms with Crippen molar-refractivity contribution >= 4 is 11.3 Å². The quantitative estimate of drug-likeness (QED) is 0.908. The molecule has 2 unspecified atom stereocenters. The molecule has 1 aliphatic rings. The van der Waals surface area contributed by atoms with Gasteiger partial charge in [0.25, 0.3) is 0 Å². The molecule has 0 fully saturated rings. The number of hydrogen-bond acceptors (Lipinski definition) is 3. The molecule has 0 saturated heterocycles. The zero-order valence-electron chi connectivity index (χ0n) is 11.7. The van der Waals surface area contributed by atoms with Crippen molar-refractivity contribution in [2.75, 3.05) is 0 Å². The van der Waals surface area contributed by atoms with Crippen molar-refractivity contribution < 1.29 is 0 Å². The monoisotopic (exact) mass is 288 g/mol. The van der Waals surface area contributed by atoms with Gasteiger partial charge in [0, 0.05) is 28.7 Å². The molecule has 1 aliphatic carbocycles. The van der Waals surface area contributed by atoms with Gasteiger partial charge in [0.05, 0.1) is 0 Å². The number of aryl methyl sites for hydroxylation is 1. The highest BCUT2D eigenvalue weighted by Crippen LogP contribution is 2.28. The lowest BCUT2D eigenvalue weighted by atomic mass is 9.90. The van der Waals surface area contributed by atoms with Crippen molar-refractivity contribution in [2.45, 2.75) is 44.7 Å². The zero-order chi connectivity index (χ0) is 13.9. The Morgan fingerprint density at radius 3 is 3.15 bits per heavy atom. The Balaban J connectivity index is 1.71. The number of hydrogen-bond donors (Lipinski definition) is 2. The Morgan fingerprint density at radius 2 is 2.35 bits per heavy atom. The fraction of sp³-hybridized carbons (Fsp3) is 0.438. The highest BCUT2D eigenvalue weighted by atomic mass is 32.1. The first kappa shape index (κ1) is 13.6. The largest absolute Gasteiger partial charge is 0.326 e. The second-order valence-electron chi connectivity index (χ2n) is 5.55. The summed E-state index contributed by atoms with van der Waals surface area (Å²) in [7, 11) is 0. The predicted octanol–water partition coefficient (Wildman–Crippen LogP) is 3.03. The van der Waals surface area contributed by atoms with E-state index in [9.17, 15) is 4.79 Å². The van der Waals surface area contributed by atoms with Gasteiger partial charge in [0.15, 0.2) is 0 Å². The van der Waals surface area contributed by atoms with Gasteiger partial charge in [-0.2, -0.15) is 0 Å². The van der Waals surface area contributed by atoms with Crippen LogP contribution in [0, 0.1) is 0 Å². The van der Waals surface area contributed by atoms with Gasteiger partial charge in [-0.1, -0.05) is 12.1 Å². The lowest BCUT2D eigenvalue weighted by molar-refractivity contribution is 0.404. The summed E-state index contributed by atoms with van der Waals surface area (Å²) in [6.45, 7) is 2.24. The van der Waals surface area contributed by atoms with Crippen LogP contribution in [0.5, 0.6) is 0 Å². The molecular weight excluding hydrogens is 268 g/mol. The normalized spacial score (nSPS) is 19.6. The third kappa shape index (κ3) is 3.02. The number of thiophene rings is 1. The molecule has 3 nitrogen and oxygen atoms in total. The van der Waals surface area contributed by atoms with E-state index in [4.69, 9.17) is 0 Å². The van der Waals surface area contributed by atoms with Crippen molar-refractivity contribution in [1.82, 2.24) is 10.3 Å². The van der Waals surface area contributed by atoms with Gasteiger partial charge in [0.2, 0.25) is 5.56 Å². The van der Waals surface area contributed by atoms with Gasteiger partial charge in [0.1, 0.15) is 0 Å². The minimum atomic E-state index is 0.0102. The molecule has 0 radical (unpaired) electrons. The first-order valence-electron chi connectivity index (χ1n) is 7.23. The summed E-state index contributed by atoms with van der Waals surface area (Å²) >= 11 is 1.81. The standard InChI is InChI=1S/C16H20N2OS/c1-11(10-12-4-3-9-20-12)17-14-5-2-6-15-13(14)7-8-16(19)18-15/h3-4,7-9,11,14,17H,2,5-6,10H2,1H3,(H,18,19). The van der Waals surface area contributed by atoms with Crippen LogP contribution < -0.4 is 10.9 Å². The summed E-state index contributed by atoms with van der Waals surface area (Å²) in [6.07, 6.45) is 4.33. The van der Waals surface area contributed by atoms with Crippen LogP contribution in [0.4, 0.5) is 0 Å². The lowest BCUT2D eigenvalue weighted by Crippen LogP contribution is -2.34.